The molecule has 3 aromatic rings. The third-order valence-corrected chi connectivity index (χ3v) is 4.69. The lowest BCUT2D eigenvalue weighted by molar-refractivity contribution is 0.0954. The molecule has 0 aliphatic carbocycles. The van der Waals surface area contributed by atoms with Gasteiger partial charge in [0.05, 0.1) is 20.4 Å². The number of carbonyl (C=O) groups is 1. The number of hydrazone groups is 1. The predicted octanol–water partition coefficient (Wildman–Crippen LogP) is 4.81. The molecule has 0 spiro atoms. The van der Waals surface area contributed by atoms with E-state index in [4.69, 9.17) is 14.2 Å². The first-order valence-electron chi connectivity index (χ1n) is 9.12. The van der Waals surface area contributed by atoms with E-state index in [0.29, 0.717) is 29.4 Å². The number of amides is 1. The van der Waals surface area contributed by atoms with Crippen molar-refractivity contribution in [1.82, 2.24) is 5.43 Å². The van der Waals surface area contributed by atoms with Crippen LogP contribution < -0.4 is 19.6 Å². The third kappa shape index (κ3) is 5.84. The van der Waals surface area contributed by atoms with E-state index in [-0.39, 0.29) is 5.91 Å². The number of hydrogen-bond acceptors (Lipinski definition) is 5. The summed E-state index contributed by atoms with van der Waals surface area (Å²) >= 11 is 3.45. The number of nitrogens with one attached hydrogen (secondary N) is 1. The molecule has 3 aromatic carbocycles. The monoisotopic (exact) mass is 468 g/mol. The number of nitrogens with zero attached hydrogens (tertiary/aromatic N) is 1. The molecular formula is C23H21BrN2O4. The zero-order valence-electron chi connectivity index (χ0n) is 16.6. The number of hydrogen-bond donors (Lipinski definition) is 1. The first-order valence-corrected chi connectivity index (χ1v) is 9.91. The van der Waals surface area contributed by atoms with Crippen molar-refractivity contribution in [2.75, 3.05) is 14.2 Å². The molecule has 0 radical (unpaired) electrons. The molecule has 30 heavy (non-hydrogen) atoms. The van der Waals surface area contributed by atoms with Gasteiger partial charge < -0.3 is 14.2 Å². The van der Waals surface area contributed by atoms with E-state index < -0.39 is 0 Å². The second kappa shape index (κ2) is 10.5. The Morgan fingerprint density at radius 1 is 1.00 bits per heavy atom. The molecule has 0 aliphatic rings. The van der Waals surface area contributed by atoms with Crippen LogP contribution in [-0.4, -0.2) is 26.3 Å². The summed E-state index contributed by atoms with van der Waals surface area (Å²) in [6.45, 7) is 0.430. The number of carbonyl (C=O) groups excluding carboxylic acids is 1. The van der Waals surface area contributed by atoms with E-state index in [9.17, 15) is 4.79 Å². The van der Waals surface area contributed by atoms with Crippen molar-refractivity contribution in [1.29, 1.82) is 0 Å². The smallest absolute Gasteiger partial charge is 0.271 e. The topological polar surface area (TPSA) is 69.2 Å². The largest absolute Gasteiger partial charge is 0.497 e. The lowest BCUT2D eigenvalue weighted by Crippen LogP contribution is -2.17. The highest BCUT2D eigenvalue weighted by Gasteiger charge is 2.09. The first kappa shape index (κ1) is 21.4. The Hall–Kier alpha value is -3.32. The van der Waals surface area contributed by atoms with Crippen LogP contribution in [0, 0.1) is 0 Å². The van der Waals surface area contributed by atoms with E-state index in [1.807, 2.05) is 48.5 Å². The van der Waals surface area contributed by atoms with Gasteiger partial charge in [-0.15, -0.1) is 0 Å². The van der Waals surface area contributed by atoms with Gasteiger partial charge in [0.15, 0.2) is 0 Å². The van der Waals surface area contributed by atoms with Crippen molar-refractivity contribution in [3.05, 3.63) is 87.9 Å². The molecule has 6 nitrogen and oxygen atoms in total. The maximum Gasteiger partial charge on any atom is 0.271 e. The van der Waals surface area contributed by atoms with Crippen molar-refractivity contribution in [3.8, 4) is 17.2 Å². The van der Waals surface area contributed by atoms with Gasteiger partial charge >= 0.3 is 0 Å². The minimum Gasteiger partial charge on any atom is -0.497 e. The molecule has 0 saturated carbocycles. The summed E-state index contributed by atoms with van der Waals surface area (Å²) in [5.41, 5.74) is 4.68. The average Bonchev–Trinajstić information content (AvgIpc) is 2.78. The molecule has 0 saturated heterocycles. The highest BCUT2D eigenvalue weighted by Crippen LogP contribution is 2.24. The summed E-state index contributed by atoms with van der Waals surface area (Å²) < 4.78 is 17.2. The molecule has 0 bridgehead atoms. The Balaban J connectivity index is 1.71. The normalized spacial score (nSPS) is 10.6. The van der Waals surface area contributed by atoms with Crippen molar-refractivity contribution < 1.29 is 19.0 Å². The van der Waals surface area contributed by atoms with Crippen LogP contribution in [0.15, 0.2) is 76.3 Å². The second-order valence-corrected chi connectivity index (χ2v) is 7.17. The molecular weight excluding hydrogens is 448 g/mol. The molecule has 0 aliphatic heterocycles. The molecule has 0 heterocycles. The maximum absolute atomic E-state index is 12.5. The highest BCUT2D eigenvalue weighted by atomic mass is 79.9. The molecule has 7 heteroatoms. The van der Waals surface area contributed by atoms with Gasteiger partial charge in [0, 0.05) is 21.7 Å². The average molecular weight is 469 g/mol. The number of ether oxygens (including phenoxy) is 3. The van der Waals surface area contributed by atoms with E-state index in [2.05, 4.69) is 26.5 Å². The molecule has 0 aromatic heterocycles. The Morgan fingerprint density at radius 2 is 1.70 bits per heavy atom. The lowest BCUT2D eigenvalue weighted by atomic mass is 10.2. The zero-order valence-corrected chi connectivity index (χ0v) is 18.2. The van der Waals surface area contributed by atoms with E-state index in [1.54, 1.807) is 24.4 Å². The van der Waals surface area contributed by atoms with Gasteiger partial charge in [-0.05, 0) is 35.9 Å². The minimum atomic E-state index is -0.384. The van der Waals surface area contributed by atoms with E-state index >= 15 is 0 Å². The van der Waals surface area contributed by atoms with Gasteiger partial charge in [0.2, 0.25) is 0 Å². The van der Waals surface area contributed by atoms with Crippen molar-refractivity contribution in [2.45, 2.75) is 6.61 Å². The standard InChI is InChI=1S/C23H21BrN2O4/c1-28-20-11-17(12-21(13-20)29-2)23(27)26-25-14-18-10-19(24)8-9-22(18)30-15-16-6-4-3-5-7-16/h3-14H,15H2,1-2H3,(H,26,27)/b25-14-. The molecule has 1 amide bonds. The third-order valence-electron chi connectivity index (χ3n) is 4.19. The van der Waals surface area contributed by atoms with E-state index in [0.717, 1.165) is 15.6 Å². The number of benzene rings is 3. The van der Waals surface area contributed by atoms with Crippen molar-refractivity contribution >= 4 is 28.1 Å². The molecule has 0 fully saturated rings. The fraction of sp³-hybridized carbons (Fsp3) is 0.130. The summed E-state index contributed by atoms with van der Waals surface area (Å²) in [6.07, 6.45) is 1.54. The summed E-state index contributed by atoms with van der Waals surface area (Å²) in [5, 5.41) is 4.08. The summed E-state index contributed by atoms with van der Waals surface area (Å²) in [4.78, 5) is 12.5. The Bertz CT molecular complexity index is 1020. The minimum absolute atomic E-state index is 0.373. The van der Waals surface area contributed by atoms with Crippen LogP contribution in [0.1, 0.15) is 21.5 Å². The summed E-state index contributed by atoms with van der Waals surface area (Å²) in [5.74, 6) is 1.31. The van der Waals surface area contributed by atoms with Gasteiger partial charge in [-0.3, -0.25) is 4.79 Å². The lowest BCUT2D eigenvalue weighted by Gasteiger charge is -2.10. The van der Waals surface area contributed by atoms with Crippen LogP contribution in [0.25, 0.3) is 0 Å². The Labute approximate surface area is 183 Å². The summed E-state index contributed by atoms with van der Waals surface area (Å²) in [6, 6.07) is 20.4. The van der Waals surface area contributed by atoms with Crippen LogP contribution in [0.3, 0.4) is 0 Å². The van der Waals surface area contributed by atoms with Crippen molar-refractivity contribution in [2.24, 2.45) is 5.10 Å². The second-order valence-electron chi connectivity index (χ2n) is 6.26. The Kier molecular flexibility index (Phi) is 7.45. The van der Waals surface area contributed by atoms with Gasteiger partial charge in [-0.25, -0.2) is 5.43 Å². The van der Waals surface area contributed by atoms with Crippen LogP contribution in [0.4, 0.5) is 0 Å². The maximum atomic E-state index is 12.5. The predicted molar refractivity (Wildman–Crippen MR) is 120 cm³/mol. The van der Waals surface area contributed by atoms with Crippen molar-refractivity contribution in [3.63, 3.8) is 0 Å². The van der Waals surface area contributed by atoms with Crippen LogP contribution in [-0.2, 0) is 6.61 Å². The molecule has 1 N–H and O–H groups in total. The Morgan fingerprint density at radius 3 is 2.37 bits per heavy atom. The van der Waals surface area contributed by atoms with Crippen LogP contribution in [0.5, 0.6) is 17.2 Å². The quantitative estimate of drug-likeness (QED) is 0.380. The van der Waals surface area contributed by atoms with Gasteiger partial charge in [0.25, 0.3) is 5.91 Å². The summed E-state index contributed by atoms with van der Waals surface area (Å²) in [7, 11) is 3.05. The van der Waals surface area contributed by atoms with Crippen LogP contribution >= 0.6 is 15.9 Å². The number of methoxy groups -OCH3 is 2. The fourth-order valence-electron chi connectivity index (χ4n) is 2.65. The first-order chi connectivity index (χ1) is 14.6. The highest BCUT2D eigenvalue weighted by molar-refractivity contribution is 9.10. The molecule has 154 valence electrons. The van der Waals surface area contributed by atoms with Crippen LogP contribution in [0.2, 0.25) is 0 Å². The molecule has 3 rings (SSSR count). The zero-order chi connectivity index (χ0) is 21.3. The fourth-order valence-corrected chi connectivity index (χ4v) is 3.03. The molecule has 0 atom stereocenters. The molecule has 0 unspecified atom stereocenters. The van der Waals surface area contributed by atoms with Gasteiger partial charge in [-0.1, -0.05) is 46.3 Å². The van der Waals surface area contributed by atoms with Gasteiger partial charge in [0.1, 0.15) is 23.9 Å². The number of rotatable bonds is 8. The van der Waals surface area contributed by atoms with E-state index in [1.165, 1.54) is 14.2 Å². The number of halogens is 1. The van der Waals surface area contributed by atoms with Gasteiger partial charge in [-0.2, -0.15) is 5.10 Å². The SMILES string of the molecule is COc1cc(OC)cc(C(=O)N/N=C\c2cc(Br)ccc2OCc2ccccc2)c1.